The summed E-state index contributed by atoms with van der Waals surface area (Å²) in [6.07, 6.45) is -4.70. The van der Waals surface area contributed by atoms with Crippen LogP contribution in [0.5, 0.6) is 5.75 Å². The number of alkyl halides is 3. The number of ether oxygens (including phenoxy) is 1. The van der Waals surface area contributed by atoms with Gasteiger partial charge in [-0.25, -0.2) is 4.98 Å². The minimum Gasteiger partial charge on any atom is -0.406 e. The fourth-order valence-corrected chi connectivity index (χ4v) is 1.77. The van der Waals surface area contributed by atoms with E-state index in [0.29, 0.717) is 16.4 Å². The molecule has 0 aliphatic carbocycles. The molecular weight excluding hydrogens is 312 g/mol. The molecule has 0 amide bonds. The molecule has 2 rings (SSSR count). The van der Waals surface area contributed by atoms with E-state index in [1.165, 1.54) is 24.3 Å². The van der Waals surface area contributed by atoms with Crippen LogP contribution in [0, 0.1) is 0 Å². The molecule has 2 aromatic rings. The molecule has 1 atom stereocenters. The standard InChI is InChI=1S/C10H7F3N2O2S.CH5P/c11-10(12,13)17-7-3-1-6(2-4-7)9-14-8(5-16)18-15-9;1-2/h1-4,16H,5H2;2H2,1H3. The van der Waals surface area contributed by atoms with Crippen molar-refractivity contribution in [2.75, 3.05) is 6.66 Å². The first kappa shape index (κ1) is 16.8. The van der Waals surface area contributed by atoms with Gasteiger partial charge in [-0.2, -0.15) is 4.37 Å². The van der Waals surface area contributed by atoms with E-state index in [1.807, 2.05) is 6.66 Å². The van der Waals surface area contributed by atoms with Gasteiger partial charge in [0.05, 0.1) is 6.61 Å². The normalized spacial score (nSPS) is 10.7. The summed E-state index contributed by atoms with van der Waals surface area (Å²) in [4.78, 5) is 4.00. The number of rotatable bonds is 3. The molecule has 1 unspecified atom stereocenters. The SMILES string of the molecule is CP.OCc1nc(-c2ccc(OC(F)(F)F)cc2)ns1. The van der Waals surface area contributed by atoms with Crippen molar-refractivity contribution in [3.8, 4) is 17.1 Å². The van der Waals surface area contributed by atoms with Crippen LogP contribution in [-0.4, -0.2) is 27.5 Å². The maximum absolute atomic E-state index is 11.9. The van der Waals surface area contributed by atoms with Crippen molar-refractivity contribution in [3.63, 3.8) is 0 Å². The Bertz CT molecular complexity index is 531. The molecular formula is C11H12F3N2O2PS. The number of aliphatic hydroxyl groups excluding tert-OH is 1. The first-order chi connectivity index (χ1) is 9.48. The Morgan fingerprint density at radius 3 is 2.30 bits per heavy atom. The molecule has 0 radical (unpaired) electrons. The molecule has 0 spiro atoms. The van der Waals surface area contributed by atoms with Gasteiger partial charge in [0, 0.05) is 5.56 Å². The predicted molar refractivity (Wildman–Crippen MR) is 73.6 cm³/mol. The van der Waals surface area contributed by atoms with Crippen molar-refractivity contribution >= 4 is 20.8 Å². The number of nitrogens with zero attached hydrogens (tertiary/aromatic N) is 2. The maximum atomic E-state index is 11.9. The van der Waals surface area contributed by atoms with Crippen LogP contribution in [0.1, 0.15) is 5.01 Å². The van der Waals surface area contributed by atoms with Crippen LogP contribution in [0.4, 0.5) is 13.2 Å². The van der Waals surface area contributed by atoms with E-state index in [1.54, 1.807) is 0 Å². The molecule has 0 aliphatic heterocycles. The molecule has 20 heavy (non-hydrogen) atoms. The Kier molecular flexibility index (Phi) is 6.32. The highest BCUT2D eigenvalue weighted by atomic mass is 32.1. The zero-order valence-electron chi connectivity index (χ0n) is 10.4. The molecule has 0 aliphatic rings. The molecule has 1 heterocycles. The second-order valence-corrected chi connectivity index (χ2v) is 4.08. The third-order valence-corrected chi connectivity index (χ3v) is 2.64. The Balaban J connectivity index is 0.000000956. The molecule has 1 aromatic heterocycles. The zero-order valence-corrected chi connectivity index (χ0v) is 12.4. The van der Waals surface area contributed by atoms with Gasteiger partial charge >= 0.3 is 6.36 Å². The highest BCUT2D eigenvalue weighted by Crippen LogP contribution is 2.25. The second-order valence-electron chi connectivity index (χ2n) is 3.24. The summed E-state index contributed by atoms with van der Waals surface area (Å²) in [6, 6.07) is 5.21. The molecule has 1 aromatic carbocycles. The van der Waals surface area contributed by atoms with Gasteiger partial charge in [0.1, 0.15) is 10.8 Å². The largest absolute Gasteiger partial charge is 0.573 e. The van der Waals surface area contributed by atoms with Gasteiger partial charge in [-0.15, -0.1) is 22.4 Å². The Labute approximate surface area is 120 Å². The van der Waals surface area contributed by atoms with Crippen LogP contribution in [0.25, 0.3) is 11.4 Å². The molecule has 9 heteroatoms. The monoisotopic (exact) mass is 324 g/mol. The van der Waals surface area contributed by atoms with Gasteiger partial charge in [0.2, 0.25) is 0 Å². The van der Waals surface area contributed by atoms with Gasteiger partial charge in [0.25, 0.3) is 0 Å². The fraction of sp³-hybridized carbons (Fsp3) is 0.273. The van der Waals surface area contributed by atoms with Crippen molar-refractivity contribution < 1.29 is 23.0 Å². The predicted octanol–water partition coefficient (Wildman–Crippen LogP) is 3.09. The van der Waals surface area contributed by atoms with Crippen LogP contribution in [0.3, 0.4) is 0 Å². The molecule has 110 valence electrons. The van der Waals surface area contributed by atoms with E-state index in [0.717, 1.165) is 11.5 Å². The van der Waals surface area contributed by atoms with Crippen LogP contribution < -0.4 is 4.74 Å². The number of halogens is 3. The molecule has 1 N–H and O–H groups in total. The minimum absolute atomic E-state index is 0.215. The average Bonchev–Trinajstić information content (AvgIpc) is 2.89. The number of benzene rings is 1. The van der Waals surface area contributed by atoms with Gasteiger partial charge in [-0.05, 0) is 35.8 Å². The first-order valence-corrected chi connectivity index (χ1v) is 7.28. The number of aliphatic hydroxyl groups is 1. The highest BCUT2D eigenvalue weighted by molar-refractivity contribution is 7.15. The average molecular weight is 324 g/mol. The number of aromatic nitrogens is 2. The van der Waals surface area contributed by atoms with E-state index in [2.05, 4.69) is 23.3 Å². The molecule has 0 fully saturated rings. The Morgan fingerprint density at radius 2 is 1.85 bits per heavy atom. The summed E-state index contributed by atoms with van der Waals surface area (Å²) in [6.45, 7) is 1.70. The van der Waals surface area contributed by atoms with Crippen molar-refractivity contribution in [1.29, 1.82) is 0 Å². The maximum Gasteiger partial charge on any atom is 0.573 e. The van der Waals surface area contributed by atoms with E-state index >= 15 is 0 Å². The molecule has 0 saturated heterocycles. The van der Waals surface area contributed by atoms with Crippen molar-refractivity contribution in [2.45, 2.75) is 13.0 Å². The summed E-state index contributed by atoms with van der Waals surface area (Å²) >= 11 is 1.04. The second kappa shape index (κ2) is 7.52. The van der Waals surface area contributed by atoms with Crippen molar-refractivity contribution in [2.24, 2.45) is 0 Å². The summed E-state index contributed by atoms with van der Waals surface area (Å²) < 4.78 is 43.5. The lowest BCUT2D eigenvalue weighted by Gasteiger charge is -2.08. The van der Waals surface area contributed by atoms with Gasteiger partial charge in [-0.3, -0.25) is 0 Å². The van der Waals surface area contributed by atoms with Crippen LogP contribution in [0.2, 0.25) is 0 Å². The Morgan fingerprint density at radius 1 is 1.25 bits per heavy atom. The van der Waals surface area contributed by atoms with E-state index in [-0.39, 0.29) is 12.4 Å². The van der Waals surface area contributed by atoms with Crippen molar-refractivity contribution in [1.82, 2.24) is 9.36 Å². The molecule has 0 bridgehead atoms. The van der Waals surface area contributed by atoms with E-state index in [9.17, 15) is 13.2 Å². The van der Waals surface area contributed by atoms with Gasteiger partial charge in [0.15, 0.2) is 5.82 Å². The van der Waals surface area contributed by atoms with Crippen molar-refractivity contribution in [3.05, 3.63) is 29.3 Å². The van der Waals surface area contributed by atoms with Crippen LogP contribution in [-0.2, 0) is 6.61 Å². The molecule has 4 nitrogen and oxygen atoms in total. The van der Waals surface area contributed by atoms with Crippen LogP contribution >= 0.6 is 20.8 Å². The van der Waals surface area contributed by atoms with Gasteiger partial charge < -0.3 is 9.84 Å². The molecule has 0 saturated carbocycles. The van der Waals surface area contributed by atoms with Gasteiger partial charge in [-0.1, -0.05) is 6.66 Å². The smallest absolute Gasteiger partial charge is 0.406 e. The number of hydrogen-bond acceptors (Lipinski definition) is 5. The quantitative estimate of drug-likeness (QED) is 0.882. The summed E-state index contributed by atoms with van der Waals surface area (Å²) in [7, 11) is 2.42. The minimum atomic E-state index is -4.70. The number of hydrogen-bond donors (Lipinski definition) is 1. The van der Waals surface area contributed by atoms with E-state index in [4.69, 9.17) is 5.11 Å². The van der Waals surface area contributed by atoms with E-state index < -0.39 is 6.36 Å². The summed E-state index contributed by atoms with van der Waals surface area (Å²) in [5, 5.41) is 9.28. The van der Waals surface area contributed by atoms with Crippen LogP contribution in [0.15, 0.2) is 24.3 Å². The lowest BCUT2D eigenvalue weighted by molar-refractivity contribution is -0.274. The summed E-state index contributed by atoms with van der Waals surface area (Å²) in [5.41, 5.74) is 0.556. The fourth-order valence-electron chi connectivity index (χ4n) is 1.24. The first-order valence-electron chi connectivity index (χ1n) is 5.35. The summed E-state index contributed by atoms with van der Waals surface area (Å²) in [5.74, 6) is 0.0615. The highest BCUT2D eigenvalue weighted by Gasteiger charge is 2.30. The third kappa shape index (κ3) is 5.03. The third-order valence-electron chi connectivity index (χ3n) is 1.95. The lowest BCUT2D eigenvalue weighted by Crippen LogP contribution is -2.16. The Hall–Kier alpha value is -1.24. The topological polar surface area (TPSA) is 55.2 Å². The lowest BCUT2D eigenvalue weighted by atomic mass is 10.2. The zero-order chi connectivity index (χ0) is 15.2.